The third-order valence-corrected chi connectivity index (χ3v) is 2.97. The van der Waals surface area contributed by atoms with Crippen molar-refractivity contribution in [1.29, 1.82) is 0 Å². The Hall–Kier alpha value is -2.11. The highest BCUT2D eigenvalue weighted by Gasteiger charge is 2.32. The lowest BCUT2D eigenvalue weighted by atomic mass is 10.1. The average Bonchev–Trinajstić information content (AvgIpc) is 2.73. The van der Waals surface area contributed by atoms with Crippen molar-refractivity contribution in [3.8, 4) is 0 Å². The lowest BCUT2D eigenvalue weighted by Gasteiger charge is -2.16. The Morgan fingerprint density at radius 2 is 2.39 bits per heavy atom. The van der Waals surface area contributed by atoms with Crippen LogP contribution in [0, 0.1) is 5.92 Å². The summed E-state index contributed by atoms with van der Waals surface area (Å²) in [5.74, 6) is 0.0214. The molecular weight excluding hydrogens is 232 g/mol. The second kappa shape index (κ2) is 5.48. The van der Waals surface area contributed by atoms with Gasteiger partial charge in [0.15, 0.2) is 0 Å². The van der Waals surface area contributed by atoms with Gasteiger partial charge in [-0.25, -0.2) is 4.98 Å². The van der Waals surface area contributed by atoms with Gasteiger partial charge in [0.2, 0.25) is 11.8 Å². The molecule has 2 amide bonds. The van der Waals surface area contributed by atoms with Gasteiger partial charge < -0.3 is 16.0 Å². The van der Waals surface area contributed by atoms with Gasteiger partial charge in [-0.15, -0.1) is 0 Å². The monoisotopic (exact) mass is 248 g/mol. The van der Waals surface area contributed by atoms with Gasteiger partial charge in [-0.2, -0.15) is 0 Å². The van der Waals surface area contributed by atoms with Gasteiger partial charge in [0.1, 0.15) is 5.82 Å². The number of primary amides is 1. The zero-order valence-electron chi connectivity index (χ0n) is 10.0. The summed E-state index contributed by atoms with van der Waals surface area (Å²) < 4.78 is 0. The van der Waals surface area contributed by atoms with E-state index >= 15 is 0 Å². The number of rotatable bonds is 5. The van der Waals surface area contributed by atoms with Crippen LogP contribution in [0.1, 0.15) is 6.42 Å². The first-order valence-corrected chi connectivity index (χ1v) is 5.89. The van der Waals surface area contributed by atoms with E-state index in [1.165, 1.54) is 0 Å². The number of aromatic nitrogens is 1. The molecule has 0 saturated carbocycles. The number of nitrogens with one attached hydrogen (secondary N) is 1. The summed E-state index contributed by atoms with van der Waals surface area (Å²) >= 11 is 0. The number of likely N-dealkylation sites (tertiary alicyclic amines) is 1. The number of carbonyl (C=O) groups excluding carboxylic acids is 2. The Labute approximate surface area is 105 Å². The second-order valence-electron chi connectivity index (χ2n) is 4.28. The predicted octanol–water partition coefficient (Wildman–Crippen LogP) is -0.173. The van der Waals surface area contributed by atoms with Gasteiger partial charge in [0.25, 0.3) is 0 Å². The Balaban J connectivity index is 1.78. The molecule has 1 saturated heterocycles. The number of amides is 2. The van der Waals surface area contributed by atoms with Crippen LogP contribution in [0.4, 0.5) is 5.82 Å². The predicted molar refractivity (Wildman–Crippen MR) is 66.6 cm³/mol. The van der Waals surface area contributed by atoms with E-state index < -0.39 is 5.91 Å². The zero-order chi connectivity index (χ0) is 13.0. The van der Waals surface area contributed by atoms with Crippen LogP contribution < -0.4 is 11.1 Å². The van der Waals surface area contributed by atoms with Gasteiger partial charge in [0.05, 0.1) is 5.92 Å². The van der Waals surface area contributed by atoms with Gasteiger partial charge >= 0.3 is 0 Å². The highest BCUT2D eigenvalue weighted by Crippen LogP contribution is 2.16. The maximum absolute atomic E-state index is 11.6. The molecule has 1 aromatic rings. The molecule has 1 unspecified atom stereocenters. The molecule has 6 nitrogen and oxygen atoms in total. The summed E-state index contributed by atoms with van der Waals surface area (Å²) in [5, 5.41) is 3.11. The molecule has 1 aliphatic rings. The minimum Gasteiger partial charge on any atom is -0.369 e. The molecule has 2 rings (SSSR count). The number of nitrogens with two attached hydrogens (primary N) is 1. The van der Waals surface area contributed by atoms with Crippen LogP contribution >= 0.6 is 0 Å². The standard InChI is InChI=1S/C12H16N4O2/c13-12(18)9-7-11(17)16(8-9)6-5-15-10-3-1-2-4-14-10/h1-4,9H,5-8H2,(H2,13,18)(H,14,15). The molecule has 1 aliphatic heterocycles. The zero-order valence-corrected chi connectivity index (χ0v) is 10.0. The van der Waals surface area contributed by atoms with E-state index in [0.29, 0.717) is 19.6 Å². The van der Waals surface area contributed by atoms with Crippen molar-refractivity contribution in [2.45, 2.75) is 6.42 Å². The molecule has 96 valence electrons. The summed E-state index contributed by atoms with van der Waals surface area (Å²) in [6.45, 7) is 1.59. The molecule has 0 spiro atoms. The first kappa shape index (κ1) is 12.3. The van der Waals surface area contributed by atoms with E-state index in [-0.39, 0.29) is 18.2 Å². The van der Waals surface area contributed by atoms with Crippen LogP contribution in [0.25, 0.3) is 0 Å². The number of nitrogens with zero attached hydrogens (tertiary/aromatic N) is 2. The summed E-state index contributed by atoms with van der Waals surface area (Å²) in [6.07, 6.45) is 1.94. The van der Waals surface area contributed by atoms with E-state index in [0.717, 1.165) is 5.82 Å². The van der Waals surface area contributed by atoms with E-state index in [2.05, 4.69) is 10.3 Å². The molecule has 0 radical (unpaired) electrons. The van der Waals surface area contributed by atoms with E-state index in [1.807, 2.05) is 18.2 Å². The fraction of sp³-hybridized carbons (Fsp3) is 0.417. The number of pyridine rings is 1. The summed E-state index contributed by atoms with van der Waals surface area (Å²) in [6, 6.07) is 5.59. The molecule has 0 aliphatic carbocycles. The normalized spacial score (nSPS) is 19.0. The summed E-state index contributed by atoms with van der Waals surface area (Å²) in [4.78, 5) is 28.4. The lowest BCUT2D eigenvalue weighted by molar-refractivity contribution is -0.128. The fourth-order valence-electron chi connectivity index (χ4n) is 1.97. The van der Waals surface area contributed by atoms with Crippen LogP contribution in [0.5, 0.6) is 0 Å². The van der Waals surface area contributed by atoms with Gasteiger partial charge in [0, 0.05) is 32.3 Å². The third-order valence-electron chi connectivity index (χ3n) is 2.97. The quantitative estimate of drug-likeness (QED) is 0.757. The maximum atomic E-state index is 11.6. The Bertz CT molecular complexity index is 435. The molecular formula is C12H16N4O2. The van der Waals surface area contributed by atoms with Crippen LogP contribution in [0.3, 0.4) is 0 Å². The number of hydrogen-bond donors (Lipinski definition) is 2. The largest absolute Gasteiger partial charge is 0.369 e. The van der Waals surface area contributed by atoms with Gasteiger partial charge in [-0.3, -0.25) is 9.59 Å². The maximum Gasteiger partial charge on any atom is 0.223 e. The highest BCUT2D eigenvalue weighted by atomic mass is 16.2. The number of carbonyl (C=O) groups is 2. The van der Waals surface area contributed by atoms with Crippen molar-refractivity contribution < 1.29 is 9.59 Å². The number of hydrogen-bond acceptors (Lipinski definition) is 4. The Morgan fingerprint density at radius 3 is 3.00 bits per heavy atom. The molecule has 0 aromatic carbocycles. The second-order valence-corrected chi connectivity index (χ2v) is 4.28. The first-order chi connectivity index (χ1) is 8.66. The van der Waals surface area contributed by atoms with E-state index in [4.69, 9.17) is 5.73 Å². The van der Waals surface area contributed by atoms with Crippen LogP contribution in [0.2, 0.25) is 0 Å². The Kier molecular flexibility index (Phi) is 3.76. The van der Waals surface area contributed by atoms with Gasteiger partial charge in [-0.05, 0) is 12.1 Å². The van der Waals surface area contributed by atoms with Crippen molar-refractivity contribution in [3.05, 3.63) is 24.4 Å². The van der Waals surface area contributed by atoms with E-state index in [1.54, 1.807) is 11.1 Å². The number of anilines is 1. The summed E-state index contributed by atoms with van der Waals surface area (Å²) in [7, 11) is 0. The molecule has 3 N–H and O–H groups in total. The van der Waals surface area contributed by atoms with Crippen LogP contribution in [0.15, 0.2) is 24.4 Å². The molecule has 2 heterocycles. The molecule has 1 aromatic heterocycles. The minimum atomic E-state index is -0.400. The van der Waals surface area contributed by atoms with Crippen molar-refractivity contribution in [3.63, 3.8) is 0 Å². The topological polar surface area (TPSA) is 88.3 Å². The molecule has 18 heavy (non-hydrogen) atoms. The van der Waals surface area contributed by atoms with Crippen molar-refractivity contribution in [2.75, 3.05) is 25.0 Å². The molecule has 0 bridgehead atoms. The first-order valence-electron chi connectivity index (χ1n) is 5.89. The average molecular weight is 248 g/mol. The fourth-order valence-corrected chi connectivity index (χ4v) is 1.97. The van der Waals surface area contributed by atoms with Crippen molar-refractivity contribution in [1.82, 2.24) is 9.88 Å². The third kappa shape index (κ3) is 2.97. The Morgan fingerprint density at radius 1 is 1.56 bits per heavy atom. The smallest absolute Gasteiger partial charge is 0.223 e. The molecule has 1 fully saturated rings. The highest BCUT2D eigenvalue weighted by molar-refractivity contribution is 5.88. The van der Waals surface area contributed by atoms with Gasteiger partial charge in [-0.1, -0.05) is 6.07 Å². The SMILES string of the molecule is NC(=O)C1CC(=O)N(CCNc2ccccn2)C1. The van der Waals surface area contributed by atoms with Crippen LogP contribution in [-0.2, 0) is 9.59 Å². The minimum absolute atomic E-state index is 0.0124. The van der Waals surface area contributed by atoms with Crippen molar-refractivity contribution >= 4 is 17.6 Å². The van der Waals surface area contributed by atoms with E-state index in [9.17, 15) is 9.59 Å². The molecule has 6 heteroatoms. The summed E-state index contributed by atoms with van der Waals surface area (Å²) in [5.41, 5.74) is 5.20. The van der Waals surface area contributed by atoms with Crippen molar-refractivity contribution in [2.24, 2.45) is 11.7 Å². The lowest BCUT2D eigenvalue weighted by Crippen LogP contribution is -2.32. The molecule has 1 atom stereocenters. The van der Waals surface area contributed by atoms with Crippen LogP contribution in [-0.4, -0.2) is 41.3 Å².